The maximum Gasteiger partial charge on any atom is 0.231 e. The SMILES string of the molecule is CCN1C=NC(c2ccc3c(c2)OCCO3)c2cc3c(cc21)OCO3. The normalized spacial score (nSPS) is 19.7. The van der Waals surface area contributed by atoms with E-state index in [0.717, 1.165) is 46.4 Å². The lowest BCUT2D eigenvalue weighted by atomic mass is 9.95. The first-order valence-electron chi connectivity index (χ1n) is 8.46. The first kappa shape index (κ1) is 14.5. The van der Waals surface area contributed by atoms with Crippen molar-refractivity contribution in [1.29, 1.82) is 0 Å². The van der Waals surface area contributed by atoms with E-state index in [1.54, 1.807) is 0 Å². The molecule has 0 spiro atoms. The fourth-order valence-corrected chi connectivity index (χ4v) is 3.45. The van der Waals surface area contributed by atoms with E-state index < -0.39 is 0 Å². The number of aliphatic imine (C=N–C) groups is 1. The molecular weight excluding hydrogens is 320 g/mol. The first-order chi connectivity index (χ1) is 12.3. The Hall–Kier alpha value is -2.89. The molecule has 0 amide bonds. The van der Waals surface area contributed by atoms with E-state index in [1.807, 2.05) is 36.7 Å². The summed E-state index contributed by atoms with van der Waals surface area (Å²) in [5, 5.41) is 0. The summed E-state index contributed by atoms with van der Waals surface area (Å²) in [5.74, 6) is 3.12. The number of ether oxygens (including phenoxy) is 4. The van der Waals surface area contributed by atoms with Gasteiger partial charge in [0.25, 0.3) is 0 Å². The van der Waals surface area contributed by atoms with Crippen molar-refractivity contribution in [2.75, 3.05) is 31.5 Å². The maximum absolute atomic E-state index is 5.73. The minimum Gasteiger partial charge on any atom is -0.486 e. The van der Waals surface area contributed by atoms with Crippen LogP contribution in [0.1, 0.15) is 24.1 Å². The summed E-state index contributed by atoms with van der Waals surface area (Å²) < 4.78 is 22.5. The molecule has 0 radical (unpaired) electrons. The van der Waals surface area contributed by atoms with Crippen molar-refractivity contribution in [2.24, 2.45) is 4.99 Å². The van der Waals surface area contributed by atoms with Crippen LogP contribution in [0.3, 0.4) is 0 Å². The zero-order chi connectivity index (χ0) is 16.8. The number of nitrogens with zero attached hydrogens (tertiary/aromatic N) is 2. The van der Waals surface area contributed by atoms with Crippen molar-refractivity contribution in [3.63, 3.8) is 0 Å². The van der Waals surface area contributed by atoms with Gasteiger partial charge in [-0.25, -0.2) is 0 Å². The number of hydrogen-bond acceptors (Lipinski definition) is 6. The minimum absolute atomic E-state index is 0.108. The molecule has 2 aromatic rings. The standard InChI is InChI=1S/C19H18N2O4/c1-2-21-10-20-19(12-3-4-15-16(7-12)23-6-5-22-15)13-8-17-18(9-14(13)21)25-11-24-17/h3-4,7-10,19H,2,5-6,11H2,1H3. The number of rotatable bonds is 2. The van der Waals surface area contributed by atoms with Crippen LogP contribution in [-0.4, -0.2) is 32.9 Å². The molecule has 1 unspecified atom stereocenters. The van der Waals surface area contributed by atoms with E-state index in [-0.39, 0.29) is 12.8 Å². The van der Waals surface area contributed by atoms with Crippen LogP contribution in [-0.2, 0) is 0 Å². The molecule has 6 heteroatoms. The molecule has 0 fully saturated rings. The molecule has 0 saturated heterocycles. The van der Waals surface area contributed by atoms with E-state index in [0.29, 0.717) is 13.2 Å². The van der Waals surface area contributed by atoms with Crippen molar-refractivity contribution in [1.82, 2.24) is 0 Å². The Labute approximate surface area is 145 Å². The van der Waals surface area contributed by atoms with Crippen LogP contribution in [0.2, 0.25) is 0 Å². The smallest absolute Gasteiger partial charge is 0.231 e. The molecule has 0 bridgehead atoms. The topological polar surface area (TPSA) is 52.5 Å². The lowest BCUT2D eigenvalue weighted by Crippen LogP contribution is -2.26. The van der Waals surface area contributed by atoms with Crippen LogP contribution < -0.4 is 23.8 Å². The molecule has 3 aliphatic rings. The Morgan fingerprint density at radius 2 is 1.72 bits per heavy atom. The van der Waals surface area contributed by atoms with Gasteiger partial charge >= 0.3 is 0 Å². The van der Waals surface area contributed by atoms with Crippen LogP contribution in [0.25, 0.3) is 0 Å². The second-order valence-electron chi connectivity index (χ2n) is 6.12. The van der Waals surface area contributed by atoms with Gasteiger partial charge in [0.15, 0.2) is 23.0 Å². The molecule has 0 aromatic heterocycles. The molecule has 1 atom stereocenters. The van der Waals surface area contributed by atoms with Gasteiger partial charge in [0.05, 0.1) is 12.0 Å². The van der Waals surface area contributed by atoms with Crippen molar-refractivity contribution in [3.8, 4) is 23.0 Å². The molecule has 0 aliphatic carbocycles. The molecule has 6 nitrogen and oxygen atoms in total. The van der Waals surface area contributed by atoms with Gasteiger partial charge in [0, 0.05) is 18.2 Å². The highest BCUT2D eigenvalue weighted by molar-refractivity contribution is 5.85. The van der Waals surface area contributed by atoms with Gasteiger partial charge in [0.1, 0.15) is 19.3 Å². The molecule has 3 heterocycles. The number of fused-ring (bicyclic) bond motifs is 3. The average Bonchev–Trinajstić information content (AvgIpc) is 3.12. The Morgan fingerprint density at radius 3 is 2.56 bits per heavy atom. The molecule has 0 saturated carbocycles. The van der Waals surface area contributed by atoms with Gasteiger partial charge in [-0.15, -0.1) is 0 Å². The van der Waals surface area contributed by atoms with Crippen LogP contribution in [0.5, 0.6) is 23.0 Å². The van der Waals surface area contributed by atoms with Crippen molar-refractivity contribution >= 4 is 12.0 Å². The summed E-state index contributed by atoms with van der Waals surface area (Å²) in [6.07, 6.45) is 1.89. The zero-order valence-electron chi connectivity index (χ0n) is 13.9. The maximum atomic E-state index is 5.73. The quantitative estimate of drug-likeness (QED) is 0.842. The predicted octanol–water partition coefficient (Wildman–Crippen LogP) is 3.14. The molecular formula is C19H18N2O4. The average molecular weight is 338 g/mol. The van der Waals surface area contributed by atoms with Crippen molar-refractivity contribution < 1.29 is 18.9 Å². The van der Waals surface area contributed by atoms with E-state index in [1.165, 1.54) is 0 Å². The number of anilines is 1. The number of benzene rings is 2. The third-order valence-electron chi connectivity index (χ3n) is 4.70. The summed E-state index contributed by atoms with van der Waals surface area (Å²) >= 11 is 0. The Kier molecular flexibility index (Phi) is 3.23. The monoisotopic (exact) mass is 338 g/mol. The third kappa shape index (κ3) is 2.28. The molecule has 128 valence electrons. The van der Waals surface area contributed by atoms with Gasteiger partial charge in [-0.1, -0.05) is 6.07 Å². The summed E-state index contributed by atoms with van der Waals surface area (Å²) in [6.45, 7) is 4.36. The molecule has 3 aliphatic heterocycles. The molecule has 25 heavy (non-hydrogen) atoms. The molecule has 5 rings (SSSR count). The van der Waals surface area contributed by atoms with Crippen LogP contribution in [0.15, 0.2) is 35.3 Å². The van der Waals surface area contributed by atoms with Crippen LogP contribution >= 0.6 is 0 Å². The van der Waals surface area contributed by atoms with Crippen molar-refractivity contribution in [2.45, 2.75) is 13.0 Å². The van der Waals surface area contributed by atoms with Crippen LogP contribution in [0, 0.1) is 0 Å². The second-order valence-corrected chi connectivity index (χ2v) is 6.12. The van der Waals surface area contributed by atoms with E-state index >= 15 is 0 Å². The Morgan fingerprint density at radius 1 is 0.960 bits per heavy atom. The van der Waals surface area contributed by atoms with Gasteiger partial charge < -0.3 is 23.8 Å². The fourth-order valence-electron chi connectivity index (χ4n) is 3.45. The fraction of sp³-hybridized carbons (Fsp3) is 0.316. The third-order valence-corrected chi connectivity index (χ3v) is 4.70. The van der Waals surface area contributed by atoms with E-state index in [9.17, 15) is 0 Å². The molecule has 2 aromatic carbocycles. The largest absolute Gasteiger partial charge is 0.486 e. The lowest BCUT2D eigenvalue weighted by Gasteiger charge is -2.30. The highest BCUT2D eigenvalue weighted by Gasteiger charge is 2.28. The Balaban J connectivity index is 1.61. The van der Waals surface area contributed by atoms with E-state index in [2.05, 4.69) is 11.8 Å². The molecule has 0 N–H and O–H groups in total. The van der Waals surface area contributed by atoms with Crippen molar-refractivity contribution in [3.05, 3.63) is 41.5 Å². The second kappa shape index (κ2) is 5.58. The number of hydrogen-bond donors (Lipinski definition) is 0. The van der Waals surface area contributed by atoms with Gasteiger partial charge in [0.2, 0.25) is 6.79 Å². The minimum atomic E-state index is -0.108. The van der Waals surface area contributed by atoms with Gasteiger partial charge in [-0.05, 0) is 30.7 Å². The summed E-state index contributed by atoms with van der Waals surface area (Å²) in [6, 6.07) is 9.99. The van der Waals surface area contributed by atoms with Crippen LogP contribution in [0.4, 0.5) is 5.69 Å². The van der Waals surface area contributed by atoms with Gasteiger partial charge in [-0.2, -0.15) is 0 Å². The van der Waals surface area contributed by atoms with E-state index in [4.69, 9.17) is 23.9 Å². The summed E-state index contributed by atoms with van der Waals surface area (Å²) in [4.78, 5) is 6.89. The Bertz CT molecular complexity index is 865. The lowest BCUT2D eigenvalue weighted by molar-refractivity contribution is 0.171. The summed E-state index contributed by atoms with van der Waals surface area (Å²) in [7, 11) is 0. The highest BCUT2D eigenvalue weighted by Crippen LogP contribution is 2.45. The zero-order valence-corrected chi connectivity index (χ0v) is 13.9. The van der Waals surface area contributed by atoms with Gasteiger partial charge in [-0.3, -0.25) is 4.99 Å². The predicted molar refractivity (Wildman–Crippen MR) is 93.4 cm³/mol. The highest BCUT2D eigenvalue weighted by atomic mass is 16.7. The first-order valence-corrected chi connectivity index (χ1v) is 8.46. The summed E-state index contributed by atoms with van der Waals surface area (Å²) in [5.41, 5.74) is 3.27.